The molecule has 3 rings (SSSR count). The van der Waals surface area contributed by atoms with E-state index in [1.807, 2.05) is 31.2 Å². The first kappa shape index (κ1) is 17.1. The summed E-state index contributed by atoms with van der Waals surface area (Å²) in [6, 6.07) is 12.3. The van der Waals surface area contributed by atoms with Gasteiger partial charge in [-0.25, -0.2) is 8.78 Å². The molecule has 1 N–H and O–H groups in total. The lowest BCUT2D eigenvalue weighted by Gasteiger charge is -2.06. The van der Waals surface area contributed by atoms with Gasteiger partial charge in [0.25, 0.3) is 5.91 Å². The van der Waals surface area contributed by atoms with Gasteiger partial charge in [0.1, 0.15) is 12.4 Å². The average molecular weight is 359 g/mol. The summed E-state index contributed by atoms with van der Waals surface area (Å²) >= 11 is 1.28. The standard InChI is InChI=1S/C19H15F2NO2S/c1-12-2-5-15(6-3-12)22-19(23)18-8-13(11-25-18)10-24-17-7-4-14(20)9-16(17)21/h2-9,11H,10H2,1H3,(H,22,23). The van der Waals surface area contributed by atoms with Crippen LogP contribution in [0.3, 0.4) is 0 Å². The molecule has 0 aliphatic heterocycles. The van der Waals surface area contributed by atoms with Crippen molar-refractivity contribution in [2.45, 2.75) is 13.5 Å². The van der Waals surface area contributed by atoms with Crippen LogP contribution in [0, 0.1) is 18.6 Å². The lowest BCUT2D eigenvalue weighted by molar-refractivity contribution is 0.103. The molecule has 0 aliphatic rings. The van der Waals surface area contributed by atoms with Crippen LogP contribution in [0.2, 0.25) is 0 Å². The molecule has 1 heterocycles. The molecule has 0 fully saturated rings. The second-order valence-electron chi connectivity index (χ2n) is 5.50. The van der Waals surface area contributed by atoms with Gasteiger partial charge in [0.2, 0.25) is 0 Å². The summed E-state index contributed by atoms with van der Waals surface area (Å²) in [5.74, 6) is -1.66. The smallest absolute Gasteiger partial charge is 0.265 e. The minimum absolute atomic E-state index is 0.0294. The first-order valence-electron chi connectivity index (χ1n) is 7.54. The van der Waals surface area contributed by atoms with Crippen molar-refractivity contribution >= 4 is 22.9 Å². The van der Waals surface area contributed by atoms with Gasteiger partial charge in [-0.05, 0) is 42.6 Å². The lowest BCUT2D eigenvalue weighted by Crippen LogP contribution is -2.10. The van der Waals surface area contributed by atoms with E-state index >= 15 is 0 Å². The van der Waals surface area contributed by atoms with Crippen molar-refractivity contribution in [3.63, 3.8) is 0 Å². The zero-order valence-electron chi connectivity index (χ0n) is 13.4. The third kappa shape index (κ3) is 4.42. The fourth-order valence-electron chi connectivity index (χ4n) is 2.15. The van der Waals surface area contributed by atoms with Crippen molar-refractivity contribution in [1.82, 2.24) is 0 Å². The normalized spacial score (nSPS) is 10.5. The number of amides is 1. The molecule has 1 amide bonds. The number of thiophene rings is 1. The number of ether oxygens (including phenoxy) is 1. The van der Waals surface area contributed by atoms with E-state index in [1.165, 1.54) is 17.4 Å². The van der Waals surface area contributed by atoms with E-state index in [9.17, 15) is 13.6 Å². The fraction of sp³-hybridized carbons (Fsp3) is 0.105. The highest BCUT2D eigenvalue weighted by atomic mass is 32.1. The van der Waals surface area contributed by atoms with Gasteiger partial charge in [0.15, 0.2) is 11.6 Å². The average Bonchev–Trinajstić information content (AvgIpc) is 3.05. The highest BCUT2D eigenvalue weighted by molar-refractivity contribution is 7.12. The van der Waals surface area contributed by atoms with Crippen molar-refractivity contribution in [1.29, 1.82) is 0 Å². The number of benzene rings is 2. The Balaban J connectivity index is 1.61. The van der Waals surface area contributed by atoms with Crippen LogP contribution >= 0.6 is 11.3 Å². The van der Waals surface area contributed by atoms with Crippen LogP contribution < -0.4 is 10.1 Å². The molecule has 0 saturated carbocycles. The molecule has 0 spiro atoms. The number of anilines is 1. The van der Waals surface area contributed by atoms with E-state index in [0.29, 0.717) is 4.88 Å². The molecule has 0 atom stereocenters. The van der Waals surface area contributed by atoms with Crippen LogP contribution in [-0.2, 0) is 6.61 Å². The van der Waals surface area contributed by atoms with Crippen molar-refractivity contribution in [2.24, 2.45) is 0 Å². The zero-order valence-corrected chi connectivity index (χ0v) is 14.2. The van der Waals surface area contributed by atoms with Crippen LogP contribution in [0.4, 0.5) is 14.5 Å². The van der Waals surface area contributed by atoms with Crippen molar-refractivity contribution in [3.05, 3.63) is 81.5 Å². The van der Waals surface area contributed by atoms with Crippen molar-refractivity contribution in [2.75, 3.05) is 5.32 Å². The molecule has 3 nitrogen and oxygen atoms in total. The Morgan fingerprint density at radius 2 is 1.88 bits per heavy atom. The lowest BCUT2D eigenvalue weighted by atomic mass is 10.2. The number of halogens is 2. The Morgan fingerprint density at radius 3 is 2.60 bits per heavy atom. The summed E-state index contributed by atoms with van der Waals surface area (Å²) in [6.45, 7) is 2.07. The molecule has 128 valence electrons. The molecular weight excluding hydrogens is 344 g/mol. The second-order valence-corrected chi connectivity index (χ2v) is 6.41. The van der Waals surface area contributed by atoms with E-state index in [1.54, 1.807) is 11.4 Å². The quantitative estimate of drug-likeness (QED) is 0.683. The SMILES string of the molecule is Cc1ccc(NC(=O)c2cc(COc3ccc(F)cc3F)cs2)cc1. The monoisotopic (exact) mass is 359 g/mol. The highest BCUT2D eigenvalue weighted by Gasteiger charge is 2.11. The summed E-state index contributed by atoms with van der Waals surface area (Å²) < 4.78 is 31.7. The van der Waals surface area contributed by atoms with E-state index in [-0.39, 0.29) is 18.3 Å². The van der Waals surface area contributed by atoms with Gasteiger partial charge in [-0.2, -0.15) is 0 Å². The van der Waals surface area contributed by atoms with Crippen molar-refractivity contribution < 1.29 is 18.3 Å². The van der Waals surface area contributed by atoms with Crippen LogP contribution in [0.25, 0.3) is 0 Å². The molecule has 0 aliphatic carbocycles. The van der Waals surface area contributed by atoms with Crippen LogP contribution in [-0.4, -0.2) is 5.91 Å². The maximum absolute atomic E-state index is 13.5. The molecule has 25 heavy (non-hydrogen) atoms. The number of rotatable bonds is 5. The summed E-state index contributed by atoms with van der Waals surface area (Å²) in [5.41, 5.74) is 2.57. The van der Waals surface area contributed by atoms with Crippen LogP contribution in [0.5, 0.6) is 5.75 Å². The summed E-state index contributed by atoms with van der Waals surface area (Å²) in [7, 11) is 0. The summed E-state index contributed by atoms with van der Waals surface area (Å²) in [6.07, 6.45) is 0. The van der Waals surface area contributed by atoms with E-state index in [2.05, 4.69) is 5.32 Å². The number of carbonyl (C=O) groups is 1. The van der Waals surface area contributed by atoms with E-state index < -0.39 is 11.6 Å². The minimum Gasteiger partial charge on any atom is -0.486 e. The highest BCUT2D eigenvalue weighted by Crippen LogP contribution is 2.22. The van der Waals surface area contributed by atoms with Gasteiger partial charge in [-0.1, -0.05) is 17.7 Å². The number of hydrogen-bond acceptors (Lipinski definition) is 3. The summed E-state index contributed by atoms with van der Waals surface area (Å²) in [4.78, 5) is 12.8. The number of aryl methyl sites for hydroxylation is 1. The first-order valence-corrected chi connectivity index (χ1v) is 8.42. The number of nitrogens with one attached hydrogen (secondary N) is 1. The molecule has 3 aromatic rings. The van der Waals surface area contributed by atoms with Gasteiger partial charge in [0, 0.05) is 17.3 Å². The first-order chi connectivity index (χ1) is 12.0. The van der Waals surface area contributed by atoms with Crippen molar-refractivity contribution in [3.8, 4) is 5.75 Å². The van der Waals surface area contributed by atoms with Gasteiger partial charge in [-0.3, -0.25) is 4.79 Å². The topological polar surface area (TPSA) is 38.3 Å². The Labute approximate surface area is 147 Å². The molecule has 0 radical (unpaired) electrons. The fourth-order valence-corrected chi connectivity index (χ4v) is 2.95. The molecule has 6 heteroatoms. The third-order valence-corrected chi connectivity index (χ3v) is 4.45. The van der Waals surface area contributed by atoms with Gasteiger partial charge in [-0.15, -0.1) is 11.3 Å². The zero-order chi connectivity index (χ0) is 17.8. The molecule has 0 saturated heterocycles. The Kier molecular flexibility index (Phi) is 5.09. The van der Waals surface area contributed by atoms with Gasteiger partial charge >= 0.3 is 0 Å². The number of hydrogen-bond donors (Lipinski definition) is 1. The van der Waals surface area contributed by atoms with Crippen LogP contribution in [0.1, 0.15) is 20.8 Å². The van der Waals surface area contributed by atoms with Gasteiger partial charge in [0.05, 0.1) is 4.88 Å². The summed E-state index contributed by atoms with van der Waals surface area (Å²) in [5, 5.41) is 4.59. The predicted octanol–water partition coefficient (Wildman–Crippen LogP) is 5.17. The Morgan fingerprint density at radius 1 is 1.12 bits per heavy atom. The van der Waals surface area contributed by atoms with Gasteiger partial charge < -0.3 is 10.1 Å². The second kappa shape index (κ2) is 7.44. The molecule has 1 aromatic heterocycles. The maximum atomic E-state index is 13.5. The molecule has 0 bridgehead atoms. The van der Waals surface area contributed by atoms with E-state index in [4.69, 9.17) is 4.74 Å². The molecule has 2 aromatic carbocycles. The van der Waals surface area contributed by atoms with Crippen LogP contribution in [0.15, 0.2) is 53.9 Å². The van der Waals surface area contributed by atoms with E-state index in [0.717, 1.165) is 28.9 Å². The largest absolute Gasteiger partial charge is 0.486 e. The maximum Gasteiger partial charge on any atom is 0.265 e. The predicted molar refractivity (Wildman–Crippen MR) is 94.1 cm³/mol. The number of carbonyl (C=O) groups excluding carboxylic acids is 1. The third-order valence-electron chi connectivity index (χ3n) is 3.48. The Hall–Kier alpha value is -2.73. The minimum atomic E-state index is -0.757. The molecular formula is C19H15F2NO2S. The Bertz CT molecular complexity index is 891. The molecule has 0 unspecified atom stereocenters.